The molecule has 2 rings (SSSR count). The van der Waals surface area contributed by atoms with E-state index in [1.807, 2.05) is 19.1 Å². The minimum absolute atomic E-state index is 0.00301. The van der Waals surface area contributed by atoms with Gasteiger partial charge < -0.3 is 15.7 Å². The Labute approximate surface area is 113 Å². The predicted molar refractivity (Wildman–Crippen MR) is 72.6 cm³/mol. The molecule has 3 N–H and O–H groups in total. The van der Waals surface area contributed by atoms with E-state index in [-0.39, 0.29) is 12.6 Å². The second-order valence-electron chi connectivity index (χ2n) is 5.22. The molecule has 1 aromatic rings. The first-order valence-corrected chi connectivity index (χ1v) is 6.73. The highest BCUT2D eigenvalue weighted by Crippen LogP contribution is 2.28. The second kappa shape index (κ2) is 6.02. The lowest BCUT2D eigenvalue weighted by molar-refractivity contribution is 0.162. The average Bonchev–Trinajstić information content (AvgIpc) is 2.87. The molecule has 0 radical (unpaired) electrons. The summed E-state index contributed by atoms with van der Waals surface area (Å²) in [5, 5.41) is 15.1. The van der Waals surface area contributed by atoms with Gasteiger partial charge in [-0.2, -0.15) is 0 Å². The minimum Gasteiger partial charge on any atom is -0.394 e. The lowest BCUT2D eigenvalue weighted by atomic mass is 9.99. The molecule has 2 amide bonds. The van der Waals surface area contributed by atoms with Crippen LogP contribution in [-0.2, 0) is 6.54 Å². The van der Waals surface area contributed by atoms with Gasteiger partial charge in [-0.05, 0) is 31.4 Å². The quantitative estimate of drug-likeness (QED) is 0.770. The lowest BCUT2D eigenvalue weighted by Crippen LogP contribution is -2.52. The molecule has 1 fully saturated rings. The van der Waals surface area contributed by atoms with Crippen molar-refractivity contribution in [2.45, 2.75) is 44.7 Å². The normalized spacial score (nSPS) is 17.2. The van der Waals surface area contributed by atoms with Crippen LogP contribution < -0.4 is 10.6 Å². The summed E-state index contributed by atoms with van der Waals surface area (Å²) in [6.07, 6.45) is 5.52. The highest BCUT2D eigenvalue weighted by Gasteiger charge is 2.34. The van der Waals surface area contributed by atoms with Crippen LogP contribution in [0.1, 0.15) is 36.9 Å². The molecule has 104 valence electrons. The van der Waals surface area contributed by atoms with Crippen LogP contribution in [0.25, 0.3) is 0 Å². The Balaban J connectivity index is 1.86. The third kappa shape index (κ3) is 3.44. The van der Waals surface area contributed by atoms with E-state index < -0.39 is 5.54 Å². The third-order valence-electron chi connectivity index (χ3n) is 3.78. The smallest absolute Gasteiger partial charge is 0.315 e. The summed E-state index contributed by atoms with van der Waals surface area (Å²) in [7, 11) is 0. The number of aliphatic hydroxyl groups is 1. The second-order valence-corrected chi connectivity index (χ2v) is 5.22. The molecular weight excluding hydrogens is 242 g/mol. The van der Waals surface area contributed by atoms with Crippen molar-refractivity contribution in [2.24, 2.45) is 0 Å². The van der Waals surface area contributed by atoms with E-state index in [0.29, 0.717) is 6.54 Å². The van der Waals surface area contributed by atoms with Crippen molar-refractivity contribution in [2.75, 3.05) is 6.61 Å². The number of nitrogens with zero attached hydrogens (tertiary/aromatic N) is 1. The fourth-order valence-electron chi connectivity index (χ4n) is 2.53. The van der Waals surface area contributed by atoms with Gasteiger partial charge in [-0.1, -0.05) is 18.9 Å². The van der Waals surface area contributed by atoms with E-state index in [0.717, 1.165) is 36.9 Å². The maximum Gasteiger partial charge on any atom is 0.315 e. The molecule has 0 bridgehead atoms. The molecule has 1 aromatic heterocycles. The Kier molecular flexibility index (Phi) is 4.37. The van der Waals surface area contributed by atoms with Crippen LogP contribution in [0.5, 0.6) is 0 Å². The molecule has 1 aliphatic carbocycles. The minimum atomic E-state index is -0.427. The summed E-state index contributed by atoms with van der Waals surface area (Å²) in [5.41, 5.74) is 1.49. The predicted octanol–water partition coefficient (Wildman–Crippen LogP) is 1.49. The number of aromatic nitrogens is 1. The number of aliphatic hydroxyl groups excluding tert-OH is 1. The third-order valence-corrected chi connectivity index (χ3v) is 3.78. The fourth-order valence-corrected chi connectivity index (χ4v) is 2.53. The number of carbonyl (C=O) groups excluding carboxylic acids is 1. The first-order valence-electron chi connectivity index (χ1n) is 6.73. The van der Waals surface area contributed by atoms with E-state index >= 15 is 0 Å². The van der Waals surface area contributed by atoms with Crippen LogP contribution in [0.3, 0.4) is 0 Å². The van der Waals surface area contributed by atoms with Gasteiger partial charge in [0.2, 0.25) is 0 Å². The van der Waals surface area contributed by atoms with Crippen LogP contribution in [-0.4, -0.2) is 28.3 Å². The summed E-state index contributed by atoms with van der Waals surface area (Å²) >= 11 is 0. The number of hydrogen-bond acceptors (Lipinski definition) is 3. The van der Waals surface area contributed by atoms with Crippen LogP contribution >= 0.6 is 0 Å². The molecule has 0 saturated heterocycles. The maximum absolute atomic E-state index is 11.9. The van der Waals surface area contributed by atoms with E-state index in [9.17, 15) is 9.90 Å². The van der Waals surface area contributed by atoms with Gasteiger partial charge in [0.1, 0.15) is 0 Å². The van der Waals surface area contributed by atoms with Crippen molar-refractivity contribution in [3.8, 4) is 0 Å². The lowest BCUT2D eigenvalue weighted by Gasteiger charge is -2.28. The van der Waals surface area contributed by atoms with Crippen molar-refractivity contribution < 1.29 is 9.90 Å². The Morgan fingerprint density at radius 3 is 2.84 bits per heavy atom. The number of carbonyl (C=O) groups is 1. The topological polar surface area (TPSA) is 74.2 Å². The molecule has 1 heterocycles. The van der Waals surface area contributed by atoms with Crippen molar-refractivity contribution in [1.29, 1.82) is 0 Å². The molecule has 1 aliphatic rings. The van der Waals surface area contributed by atoms with Gasteiger partial charge in [-0.25, -0.2) is 4.79 Å². The first kappa shape index (κ1) is 13.8. The van der Waals surface area contributed by atoms with Crippen LogP contribution in [0, 0.1) is 6.92 Å². The van der Waals surface area contributed by atoms with Crippen molar-refractivity contribution >= 4 is 6.03 Å². The number of aryl methyl sites for hydroxylation is 1. The summed E-state index contributed by atoms with van der Waals surface area (Å²) < 4.78 is 0. The van der Waals surface area contributed by atoms with E-state index in [4.69, 9.17) is 0 Å². The SMILES string of the molecule is Cc1cccnc1CNC(=O)NC1(CO)CCCC1. The molecular formula is C14H21N3O2. The van der Waals surface area contributed by atoms with Crippen LogP contribution in [0.15, 0.2) is 18.3 Å². The highest BCUT2D eigenvalue weighted by atomic mass is 16.3. The number of amides is 2. The van der Waals surface area contributed by atoms with Gasteiger partial charge in [0, 0.05) is 6.20 Å². The molecule has 0 atom stereocenters. The van der Waals surface area contributed by atoms with E-state index in [2.05, 4.69) is 15.6 Å². The van der Waals surface area contributed by atoms with Crippen molar-refractivity contribution in [1.82, 2.24) is 15.6 Å². The maximum atomic E-state index is 11.9. The number of nitrogens with one attached hydrogen (secondary N) is 2. The van der Waals surface area contributed by atoms with E-state index in [1.165, 1.54) is 0 Å². The zero-order valence-corrected chi connectivity index (χ0v) is 11.3. The molecule has 0 aromatic carbocycles. The molecule has 0 unspecified atom stereocenters. The molecule has 5 nitrogen and oxygen atoms in total. The number of hydrogen-bond donors (Lipinski definition) is 3. The highest BCUT2D eigenvalue weighted by molar-refractivity contribution is 5.74. The van der Waals surface area contributed by atoms with Gasteiger partial charge >= 0.3 is 6.03 Å². The molecule has 0 spiro atoms. The average molecular weight is 263 g/mol. The van der Waals surface area contributed by atoms with Gasteiger partial charge in [-0.15, -0.1) is 0 Å². The van der Waals surface area contributed by atoms with E-state index in [1.54, 1.807) is 6.20 Å². The zero-order valence-electron chi connectivity index (χ0n) is 11.3. The molecule has 1 saturated carbocycles. The molecule has 5 heteroatoms. The number of pyridine rings is 1. The summed E-state index contributed by atoms with van der Waals surface area (Å²) in [4.78, 5) is 16.1. The Hall–Kier alpha value is -1.62. The van der Waals surface area contributed by atoms with Gasteiger partial charge in [0.05, 0.1) is 24.4 Å². The standard InChI is InChI=1S/C14H21N3O2/c1-11-5-4-8-15-12(11)9-16-13(19)17-14(10-18)6-2-3-7-14/h4-5,8,18H,2-3,6-7,9-10H2,1H3,(H2,16,17,19). The Morgan fingerprint density at radius 1 is 1.47 bits per heavy atom. The van der Waals surface area contributed by atoms with Gasteiger partial charge in [-0.3, -0.25) is 4.98 Å². The summed E-state index contributed by atoms with van der Waals surface area (Å²) in [6.45, 7) is 2.37. The first-order chi connectivity index (χ1) is 9.15. The Morgan fingerprint density at radius 2 is 2.21 bits per heavy atom. The van der Waals surface area contributed by atoms with Gasteiger partial charge in [0.15, 0.2) is 0 Å². The summed E-state index contributed by atoms with van der Waals surface area (Å²) in [5.74, 6) is 0. The largest absolute Gasteiger partial charge is 0.394 e. The fraction of sp³-hybridized carbons (Fsp3) is 0.571. The van der Waals surface area contributed by atoms with Crippen molar-refractivity contribution in [3.63, 3.8) is 0 Å². The zero-order chi connectivity index (χ0) is 13.7. The van der Waals surface area contributed by atoms with Crippen LogP contribution in [0.2, 0.25) is 0 Å². The monoisotopic (exact) mass is 263 g/mol. The van der Waals surface area contributed by atoms with Crippen molar-refractivity contribution in [3.05, 3.63) is 29.6 Å². The van der Waals surface area contributed by atoms with Crippen LogP contribution in [0.4, 0.5) is 4.79 Å². The molecule has 0 aliphatic heterocycles. The molecule has 19 heavy (non-hydrogen) atoms. The number of rotatable bonds is 4. The Bertz CT molecular complexity index is 442. The van der Waals surface area contributed by atoms with Gasteiger partial charge in [0.25, 0.3) is 0 Å². The summed E-state index contributed by atoms with van der Waals surface area (Å²) in [6, 6.07) is 3.60. The number of urea groups is 1.